The number of rotatable bonds is 15. The second kappa shape index (κ2) is 15.4. The fraction of sp³-hybridized carbons (Fsp3) is 0.444. The van der Waals surface area contributed by atoms with Crippen molar-refractivity contribution in [3.63, 3.8) is 0 Å². The predicted molar refractivity (Wildman–Crippen MR) is 185 cm³/mol. The molecule has 3 aliphatic rings. The number of aliphatic hydroxyl groups is 1. The van der Waals surface area contributed by atoms with E-state index in [1.807, 2.05) is 37.3 Å². The smallest absolute Gasteiger partial charge is 0.306 e. The highest BCUT2D eigenvalue weighted by molar-refractivity contribution is 9.09. The Bertz CT molecular complexity index is 1540. The molecule has 3 saturated heterocycles. The summed E-state index contributed by atoms with van der Waals surface area (Å²) in [5.41, 5.74) is -0.202. The molecule has 1 unspecified atom stereocenters. The van der Waals surface area contributed by atoms with Gasteiger partial charge in [0, 0.05) is 17.8 Å². The SMILES string of the molecule is C=CCCC(=O)OC[C@H](NC(=O)[C@@H]1[C@H]2O[C@@]3(CC2Br)[C@H](C(=O)N(CC=C)c2ccccc2Cl)N([C@@H](CC)CO)C(=O)[C@@H]13)c1ccccc1. The molecule has 0 radical (unpaired) electrons. The lowest BCUT2D eigenvalue weighted by atomic mass is 9.70. The lowest BCUT2D eigenvalue weighted by Crippen LogP contribution is -2.59. The molecule has 0 saturated carbocycles. The first-order valence-corrected chi connectivity index (χ1v) is 17.5. The van der Waals surface area contributed by atoms with Crippen LogP contribution in [-0.2, 0) is 28.7 Å². The van der Waals surface area contributed by atoms with Crippen molar-refractivity contribution in [2.24, 2.45) is 11.8 Å². The number of ether oxygens (including phenoxy) is 2. The van der Waals surface area contributed by atoms with Gasteiger partial charge >= 0.3 is 5.97 Å². The number of halogens is 2. The molecular formula is C36H41BrClN3O7. The number of allylic oxidation sites excluding steroid dienone is 1. The number of para-hydroxylation sites is 1. The summed E-state index contributed by atoms with van der Waals surface area (Å²) in [6, 6.07) is 13.5. The number of amides is 3. The minimum atomic E-state index is -1.36. The summed E-state index contributed by atoms with van der Waals surface area (Å²) in [5, 5.41) is 13.8. The molecule has 10 nitrogen and oxygen atoms in total. The molecule has 3 aliphatic heterocycles. The quantitative estimate of drug-likeness (QED) is 0.154. The van der Waals surface area contributed by atoms with Gasteiger partial charge in [-0.1, -0.05) is 89.1 Å². The maximum atomic E-state index is 14.8. The summed E-state index contributed by atoms with van der Waals surface area (Å²) in [5.74, 6) is -3.73. The average molecular weight is 743 g/mol. The van der Waals surface area contributed by atoms with Gasteiger partial charge in [0.05, 0.1) is 47.3 Å². The van der Waals surface area contributed by atoms with Crippen molar-refractivity contribution in [3.05, 3.63) is 90.5 Å². The van der Waals surface area contributed by atoms with Crippen LogP contribution in [-0.4, -0.2) is 82.1 Å². The Morgan fingerprint density at radius 3 is 2.54 bits per heavy atom. The first-order valence-electron chi connectivity index (χ1n) is 16.2. The van der Waals surface area contributed by atoms with Crippen LogP contribution >= 0.6 is 27.5 Å². The van der Waals surface area contributed by atoms with Crippen molar-refractivity contribution >= 4 is 56.9 Å². The number of benzene rings is 2. The van der Waals surface area contributed by atoms with Crippen LogP contribution in [0.2, 0.25) is 5.02 Å². The van der Waals surface area contributed by atoms with Crippen molar-refractivity contribution in [1.82, 2.24) is 10.2 Å². The molecule has 0 aromatic heterocycles. The molecule has 5 rings (SSSR count). The van der Waals surface area contributed by atoms with E-state index < -0.39 is 65.4 Å². The molecule has 1 spiro atoms. The van der Waals surface area contributed by atoms with Gasteiger partial charge in [0.15, 0.2) is 0 Å². The lowest BCUT2D eigenvalue weighted by Gasteiger charge is -2.39. The molecule has 8 atom stereocenters. The fourth-order valence-corrected chi connectivity index (χ4v) is 8.53. The zero-order chi connectivity index (χ0) is 34.6. The highest BCUT2D eigenvalue weighted by atomic mass is 79.9. The monoisotopic (exact) mass is 741 g/mol. The van der Waals surface area contributed by atoms with Gasteiger partial charge in [0.25, 0.3) is 5.91 Å². The van der Waals surface area contributed by atoms with Gasteiger partial charge in [-0.15, -0.1) is 13.2 Å². The van der Waals surface area contributed by atoms with E-state index in [0.717, 1.165) is 5.56 Å². The molecule has 3 fully saturated rings. The zero-order valence-electron chi connectivity index (χ0n) is 26.8. The third-order valence-electron chi connectivity index (χ3n) is 9.54. The number of likely N-dealkylation sites (tertiary alicyclic amines) is 1. The van der Waals surface area contributed by atoms with Crippen LogP contribution in [0.1, 0.15) is 44.2 Å². The number of hydrogen-bond donors (Lipinski definition) is 2. The molecule has 256 valence electrons. The van der Waals surface area contributed by atoms with E-state index in [1.54, 1.807) is 36.4 Å². The normalized spacial score (nSPS) is 26.8. The summed E-state index contributed by atoms with van der Waals surface area (Å²) in [7, 11) is 0. The van der Waals surface area contributed by atoms with Gasteiger partial charge in [-0.25, -0.2) is 0 Å². The summed E-state index contributed by atoms with van der Waals surface area (Å²) < 4.78 is 12.2. The van der Waals surface area contributed by atoms with Crippen LogP contribution in [0.25, 0.3) is 0 Å². The van der Waals surface area contributed by atoms with Gasteiger partial charge < -0.3 is 29.7 Å². The molecule has 0 aliphatic carbocycles. The molecule has 3 amide bonds. The van der Waals surface area contributed by atoms with Crippen LogP contribution in [0.4, 0.5) is 5.69 Å². The Labute approximate surface area is 294 Å². The second-order valence-electron chi connectivity index (χ2n) is 12.3. The topological polar surface area (TPSA) is 125 Å². The van der Waals surface area contributed by atoms with Gasteiger partial charge in [0.2, 0.25) is 11.8 Å². The van der Waals surface area contributed by atoms with E-state index in [9.17, 15) is 24.3 Å². The Hall–Kier alpha value is -3.51. The summed E-state index contributed by atoms with van der Waals surface area (Å²) in [4.78, 5) is 58.6. The predicted octanol–water partition coefficient (Wildman–Crippen LogP) is 4.74. The maximum Gasteiger partial charge on any atom is 0.306 e. The zero-order valence-corrected chi connectivity index (χ0v) is 29.1. The van der Waals surface area contributed by atoms with Gasteiger partial charge in [0.1, 0.15) is 18.2 Å². The average Bonchev–Trinajstić information content (AvgIpc) is 3.69. The Balaban J connectivity index is 1.51. The summed E-state index contributed by atoms with van der Waals surface area (Å²) >= 11 is 10.3. The number of anilines is 1. The van der Waals surface area contributed by atoms with E-state index in [0.29, 0.717) is 30.0 Å². The van der Waals surface area contributed by atoms with Crippen LogP contribution in [0.3, 0.4) is 0 Å². The number of alkyl halides is 1. The van der Waals surface area contributed by atoms with Crippen molar-refractivity contribution in [2.45, 2.75) is 67.3 Å². The standard InChI is InChI=1S/C36H41BrClN3O7/c1-4-7-17-28(43)47-21-26(22-13-9-8-10-14-22)39-33(44)29-30-34(45)41(23(6-3)20-42)32(36(30)19-24(37)31(29)48-36)35(46)40(18-5-2)27-16-12-11-15-25(27)38/h4-5,8-16,23-24,26,29-32,42H,1-2,6-7,17-21H2,3H3,(H,39,44)/t23-,24?,26-,29-,30+,31-,32-,36+/m0/s1. The van der Waals surface area contributed by atoms with Crippen LogP contribution in [0, 0.1) is 11.8 Å². The number of nitrogens with one attached hydrogen (secondary N) is 1. The number of carbonyl (C=O) groups excluding carboxylic acids is 4. The van der Waals surface area contributed by atoms with E-state index in [2.05, 4.69) is 34.4 Å². The minimum Gasteiger partial charge on any atom is -0.463 e. The van der Waals surface area contributed by atoms with Crippen molar-refractivity contribution in [2.75, 3.05) is 24.7 Å². The molecule has 2 aromatic carbocycles. The molecule has 3 heterocycles. The maximum absolute atomic E-state index is 14.8. The van der Waals surface area contributed by atoms with E-state index in [1.165, 1.54) is 9.80 Å². The molecule has 2 N–H and O–H groups in total. The molecular weight excluding hydrogens is 702 g/mol. The Kier molecular flexibility index (Phi) is 11.5. The van der Waals surface area contributed by atoms with E-state index in [-0.39, 0.29) is 31.0 Å². The van der Waals surface area contributed by atoms with Crippen molar-refractivity contribution < 1.29 is 33.8 Å². The van der Waals surface area contributed by atoms with Crippen LogP contribution < -0.4 is 10.2 Å². The number of carbonyl (C=O) groups is 4. The number of hydrogen-bond acceptors (Lipinski definition) is 7. The summed E-state index contributed by atoms with van der Waals surface area (Å²) in [6.07, 6.45) is 3.77. The van der Waals surface area contributed by atoms with Gasteiger partial charge in [-0.05, 0) is 37.0 Å². The third-order valence-corrected chi connectivity index (χ3v) is 10.7. The molecule has 2 aromatic rings. The van der Waals surface area contributed by atoms with Crippen LogP contribution in [0.15, 0.2) is 79.9 Å². The van der Waals surface area contributed by atoms with Crippen molar-refractivity contribution in [3.8, 4) is 0 Å². The lowest BCUT2D eigenvalue weighted by molar-refractivity contribution is -0.146. The van der Waals surface area contributed by atoms with Gasteiger partial charge in [-0.2, -0.15) is 0 Å². The first-order chi connectivity index (χ1) is 23.1. The van der Waals surface area contributed by atoms with Gasteiger partial charge in [-0.3, -0.25) is 19.2 Å². The second-order valence-corrected chi connectivity index (χ2v) is 13.9. The number of nitrogens with zero attached hydrogens (tertiary/aromatic N) is 2. The highest BCUT2D eigenvalue weighted by Gasteiger charge is 2.77. The number of esters is 1. The highest BCUT2D eigenvalue weighted by Crippen LogP contribution is 2.60. The number of aliphatic hydroxyl groups excluding tert-OH is 1. The van der Waals surface area contributed by atoms with E-state index >= 15 is 0 Å². The fourth-order valence-electron chi connectivity index (χ4n) is 7.35. The van der Waals surface area contributed by atoms with Crippen molar-refractivity contribution in [1.29, 1.82) is 0 Å². The van der Waals surface area contributed by atoms with Crippen LogP contribution in [0.5, 0.6) is 0 Å². The largest absolute Gasteiger partial charge is 0.463 e. The Morgan fingerprint density at radius 1 is 1.19 bits per heavy atom. The van der Waals surface area contributed by atoms with E-state index in [4.69, 9.17) is 21.1 Å². The third kappa shape index (κ3) is 6.57. The first kappa shape index (κ1) is 35.8. The number of fused-ring (bicyclic) bond motifs is 1. The molecule has 2 bridgehead atoms. The minimum absolute atomic E-state index is 0.104. The summed E-state index contributed by atoms with van der Waals surface area (Å²) in [6.45, 7) is 8.91. The molecule has 12 heteroatoms. The Morgan fingerprint density at radius 2 is 1.90 bits per heavy atom. The molecule has 48 heavy (non-hydrogen) atoms.